The number of amides is 1. The van der Waals surface area contributed by atoms with Crippen molar-refractivity contribution in [2.45, 2.75) is 32.7 Å². The number of nitro benzene ring substituents is 1. The van der Waals surface area contributed by atoms with E-state index in [-0.39, 0.29) is 29.9 Å². The first-order valence-electron chi connectivity index (χ1n) is 6.76. The lowest BCUT2D eigenvalue weighted by atomic mass is 9.92. The Morgan fingerprint density at radius 2 is 2.19 bits per heavy atom. The van der Waals surface area contributed by atoms with Crippen molar-refractivity contribution in [3.8, 4) is 0 Å². The van der Waals surface area contributed by atoms with Crippen LogP contribution in [0.5, 0.6) is 0 Å². The lowest BCUT2D eigenvalue weighted by molar-refractivity contribution is -0.385. The van der Waals surface area contributed by atoms with Crippen LogP contribution >= 0.6 is 12.4 Å². The van der Waals surface area contributed by atoms with Crippen molar-refractivity contribution < 1.29 is 9.72 Å². The van der Waals surface area contributed by atoms with Crippen LogP contribution in [0.1, 0.15) is 25.3 Å². The van der Waals surface area contributed by atoms with Crippen molar-refractivity contribution in [3.63, 3.8) is 0 Å². The molecule has 2 rings (SSSR count). The summed E-state index contributed by atoms with van der Waals surface area (Å²) >= 11 is 0. The summed E-state index contributed by atoms with van der Waals surface area (Å²) in [4.78, 5) is 22.6. The number of carbonyl (C=O) groups is 1. The summed E-state index contributed by atoms with van der Waals surface area (Å²) in [5, 5.41) is 17.0. The van der Waals surface area contributed by atoms with Crippen LogP contribution in [0, 0.1) is 23.0 Å². The van der Waals surface area contributed by atoms with E-state index in [9.17, 15) is 14.9 Å². The molecule has 0 spiro atoms. The number of halogens is 1. The molecule has 21 heavy (non-hydrogen) atoms. The molecular formula is C14H20ClN3O3. The Kier molecular flexibility index (Phi) is 6.11. The average molecular weight is 314 g/mol. The maximum absolute atomic E-state index is 12.2. The van der Waals surface area contributed by atoms with E-state index in [1.807, 2.05) is 0 Å². The summed E-state index contributed by atoms with van der Waals surface area (Å²) in [7, 11) is 0. The molecule has 1 fully saturated rings. The molecule has 1 aliphatic heterocycles. The van der Waals surface area contributed by atoms with Gasteiger partial charge in [-0.3, -0.25) is 14.9 Å². The first-order valence-corrected chi connectivity index (χ1v) is 6.76. The lowest BCUT2D eigenvalue weighted by Gasteiger charge is -2.27. The number of piperidine rings is 1. The molecule has 1 amide bonds. The Bertz CT molecular complexity index is 536. The van der Waals surface area contributed by atoms with Gasteiger partial charge in [-0.15, -0.1) is 12.4 Å². The summed E-state index contributed by atoms with van der Waals surface area (Å²) in [5.41, 5.74) is 1.10. The molecule has 2 N–H and O–H groups in total. The van der Waals surface area contributed by atoms with Crippen LogP contribution in [0.15, 0.2) is 18.2 Å². The molecule has 1 saturated heterocycles. The Morgan fingerprint density at radius 3 is 2.81 bits per heavy atom. The Hall–Kier alpha value is -1.66. The van der Waals surface area contributed by atoms with E-state index in [0.717, 1.165) is 19.4 Å². The largest absolute Gasteiger partial charge is 0.326 e. The molecule has 0 aliphatic carbocycles. The highest BCUT2D eigenvalue weighted by molar-refractivity contribution is 5.93. The second-order valence-electron chi connectivity index (χ2n) is 5.32. The van der Waals surface area contributed by atoms with E-state index in [1.54, 1.807) is 19.1 Å². The normalized spacial score (nSPS) is 21.2. The third-order valence-electron chi connectivity index (χ3n) is 3.67. The van der Waals surface area contributed by atoms with Gasteiger partial charge in [-0.2, -0.15) is 0 Å². The second kappa shape index (κ2) is 7.38. The Labute approximate surface area is 129 Å². The van der Waals surface area contributed by atoms with E-state index < -0.39 is 4.92 Å². The molecule has 1 heterocycles. The zero-order chi connectivity index (χ0) is 14.7. The van der Waals surface area contributed by atoms with Gasteiger partial charge in [0.2, 0.25) is 5.91 Å². The highest BCUT2D eigenvalue weighted by Gasteiger charge is 2.25. The number of hydrogen-bond acceptors (Lipinski definition) is 4. The minimum Gasteiger partial charge on any atom is -0.326 e. The molecule has 0 saturated carbocycles. The van der Waals surface area contributed by atoms with Crippen molar-refractivity contribution in [1.82, 2.24) is 5.32 Å². The van der Waals surface area contributed by atoms with Crippen LogP contribution in [-0.2, 0) is 4.79 Å². The number of rotatable bonds is 3. The van der Waals surface area contributed by atoms with Crippen LogP contribution in [0.3, 0.4) is 0 Å². The Balaban J connectivity index is 0.00000220. The van der Waals surface area contributed by atoms with Crippen molar-refractivity contribution in [3.05, 3.63) is 33.9 Å². The molecule has 1 aliphatic rings. The Morgan fingerprint density at radius 1 is 1.48 bits per heavy atom. The van der Waals surface area contributed by atoms with Gasteiger partial charge in [-0.25, -0.2) is 0 Å². The van der Waals surface area contributed by atoms with Crippen LogP contribution in [0.2, 0.25) is 0 Å². The van der Waals surface area contributed by atoms with Gasteiger partial charge in [0.25, 0.3) is 5.69 Å². The van der Waals surface area contributed by atoms with Gasteiger partial charge < -0.3 is 10.6 Å². The third kappa shape index (κ3) is 4.41. The number of nitrogens with zero attached hydrogens (tertiary/aromatic N) is 1. The quantitative estimate of drug-likeness (QED) is 0.663. The number of benzene rings is 1. The van der Waals surface area contributed by atoms with Gasteiger partial charge in [0, 0.05) is 29.3 Å². The van der Waals surface area contributed by atoms with E-state index in [1.165, 1.54) is 6.07 Å². The van der Waals surface area contributed by atoms with Gasteiger partial charge in [-0.1, -0.05) is 6.07 Å². The number of anilines is 1. The summed E-state index contributed by atoms with van der Waals surface area (Å²) in [6.45, 7) is 4.56. The van der Waals surface area contributed by atoms with Crippen LogP contribution in [0.25, 0.3) is 0 Å². The molecule has 1 aromatic rings. The summed E-state index contributed by atoms with van der Waals surface area (Å²) in [5.74, 6) is -0.0943. The highest BCUT2D eigenvalue weighted by Crippen LogP contribution is 2.24. The molecule has 0 aromatic heterocycles. The molecule has 0 unspecified atom stereocenters. The van der Waals surface area contributed by atoms with Crippen LogP contribution in [-0.4, -0.2) is 23.4 Å². The maximum Gasteiger partial charge on any atom is 0.274 e. The van der Waals surface area contributed by atoms with Gasteiger partial charge >= 0.3 is 0 Å². The van der Waals surface area contributed by atoms with Crippen molar-refractivity contribution >= 4 is 29.7 Å². The summed E-state index contributed by atoms with van der Waals surface area (Å²) in [6, 6.07) is 5.09. The third-order valence-corrected chi connectivity index (χ3v) is 3.67. The number of carbonyl (C=O) groups excluding carboxylic acids is 1. The fourth-order valence-corrected chi connectivity index (χ4v) is 2.50. The van der Waals surface area contributed by atoms with Crippen molar-refractivity contribution in [2.75, 3.05) is 11.9 Å². The standard InChI is InChI=1S/C14H19N3O3.ClH/c1-9-3-4-12(8-13(9)17(19)20)16-14(18)11-5-6-15-10(2)7-11;/h3-4,8,10-11,15H,5-7H2,1-2H3,(H,16,18);1H/t10-,11-;/m0./s1. The molecule has 2 atom stereocenters. The number of hydrogen-bond donors (Lipinski definition) is 2. The van der Waals surface area contributed by atoms with Crippen molar-refractivity contribution in [2.24, 2.45) is 5.92 Å². The summed E-state index contributed by atoms with van der Waals surface area (Å²) in [6.07, 6.45) is 1.59. The molecule has 7 heteroatoms. The predicted octanol–water partition coefficient (Wildman–Crippen LogP) is 2.65. The van der Waals surface area contributed by atoms with E-state index in [2.05, 4.69) is 17.6 Å². The zero-order valence-corrected chi connectivity index (χ0v) is 12.9. The first-order chi connectivity index (χ1) is 9.47. The minimum absolute atomic E-state index is 0. The highest BCUT2D eigenvalue weighted by atomic mass is 35.5. The predicted molar refractivity (Wildman–Crippen MR) is 83.9 cm³/mol. The monoisotopic (exact) mass is 313 g/mol. The molecule has 0 radical (unpaired) electrons. The molecule has 0 bridgehead atoms. The van der Waals surface area contributed by atoms with E-state index in [4.69, 9.17) is 0 Å². The van der Waals surface area contributed by atoms with Crippen molar-refractivity contribution in [1.29, 1.82) is 0 Å². The van der Waals surface area contributed by atoms with Gasteiger partial charge in [0.05, 0.1) is 4.92 Å². The van der Waals surface area contributed by atoms with Crippen LogP contribution in [0.4, 0.5) is 11.4 Å². The number of nitro groups is 1. The smallest absolute Gasteiger partial charge is 0.274 e. The summed E-state index contributed by atoms with van der Waals surface area (Å²) < 4.78 is 0. The maximum atomic E-state index is 12.2. The fraction of sp³-hybridized carbons (Fsp3) is 0.500. The van der Waals surface area contributed by atoms with Gasteiger partial charge in [0.1, 0.15) is 0 Å². The van der Waals surface area contributed by atoms with E-state index in [0.29, 0.717) is 17.3 Å². The molecule has 6 nitrogen and oxygen atoms in total. The minimum atomic E-state index is -0.433. The molecule has 1 aromatic carbocycles. The number of aryl methyl sites for hydroxylation is 1. The first kappa shape index (κ1) is 17.4. The van der Waals surface area contributed by atoms with Gasteiger partial charge in [0.15, 0.2) is 0 Å². The fourth-order valence-electron chi connectivity index (χ4n) is 2.50. The van der Waals surface area contributed by atoms with E-state index >= 15 is 0 Å². The molecular weight excluding hydrogens is 294 g/mol. The number of nitrogens with one attached hydrogen (secondary N) is 2. The zero-order valence-electron chi connectivity index (χ0n) is 12.1. The SMILES string of the molecule is Cc1ccc(NC(=O)[C@H]2CCN[C@@H](C)C2)cc1[N+](=O)[O-].Cl. The molecule has 116 valence electrons. The lowest BCUT2D eigenvalue weighted by Crippen LogP contribution is -2.40. The van der Waals surface area contributed by atoms with Gasteiger partial charge in [-0.05, 0) is 39.3 Å². The average Bonchev–Trinajstić information content (AvgIpc) is 2.40. The van der Waals surface area contributed by atoms with Crippen LogP contribution < -0.4 is 10.6 Å². The second-order valence-corrected chi connectivity index (χ2v) is 5.32. The topological polar surface area (TPSA) is 84.3 Å².